The molecule has 0 spiro atoms. The van der Waals surface area contributed by atoms with E-state index in [-0.39, 0.29) is 18.9 Å². The minimum Gasteiger partial charge on any atom is -0.464 e. The molecule has 176 valence electrons. The van der Waals surface area contributed by atoms with Gasteiger partial charge in [-0.25, -0.2) is 9.59 Å². The predicted molar refractivity (Wildman–Crippen MR) is 122 cm³/mol. The van der Waals surface area contributed by atoms with E-state index in [0.717, 1.165) is 16.5 Å². The number of H-pyrrole nitrogens is 1. The van der Waals surface area contributed by atoms with Gasteiger partial charge in [0.1, 0.15) is 12.1 Å². The number of benzene rings is 1. The van der Waals surface area contributed by atoms with Crippen LogP contribution in [0.1, 0.15) is 53.5 Å². The molecule has 1 aromatic heterocycles. The fraction of sp³-hybridized carbons (Fsp3) is 0.542. The molecule has 0 aliphatic heterocycles. The van der Waals surface area contributed by atoms with Crippen LogP contribution in [0.3, 0.4) is 0 Å². The molecule has 1 aromatic carbocycles. The zero-order valence-electron chi connectivity index (χ0n) is 19.8. The molecule has 1 heterocycles. The first-order chi connectivity index (χ1) is 15.0. The smallest absolute Gasteiger partial charge is 0.330 e. The molecule has 0 bridgehead atoms. The van der Waals surface area contributed by atoms with E-state index in [0.29, 0.717) is 6.42 Å². The van der Waals surface area contributed by atoms with Crippen LogP contribution in [0.15, 0.2) is 30.5 Å². The quantitative estimate of drug-likeness (QED) is 0.383. The standard InChI is InChI=1S/C24H35N3O5/c1-7-31-22(29)20(13-16-14-25-18-11-9-8-10-17(16)18)26-21(28)19(12-15(2)3)27-32-23(30)24(4,5)6/h8-11,14-15,19-20,25,27H,7,12-13H2,1-6H3,(H,26,28)/t19-,20-/m0/s1. The van der Waals surface area contributed by atoms with Crippen LogP contribution in [0.2, 0.25) is 0 Å². The van der Waals surface area contributed by atoms with Crippen LogP contribution in [0, 0.1) is 11.3 Å². The zero-order chi connectivity index (χ0) is 23.9. The Morgan fingerprint density at radius 1 is 1.09 bits per heavy atom. The topological polar surface area (TPSA) is 110 Å². The first-order valence-electron chi connectivity index (χ1n) is 11.0. The van der Waals surface area contributed by atoms with Gasteiger partial charge in [0.2, 0.25) is 5.91 Å². The van der Waals surface area contributed by atoms with Crippen molar-refractivity contribution in [1.82, 2.24) is 15.8 Å². The van der Waals surface area contributed by atoms with Gasteiger partial charge in [-0.05, 0) is 51.7 Å². The van der Waals surface area contributed by atoms with Gasteiger partial charge in [-0.2, -0.15) is 0 Å². The zero-order valence-corrected chi connectivity index (χ0v) is 19.8. The number of carbonyl (C=O) groups is 3. The second-order valence-corrected chi connectivity index (χ2v) is 9.32. The molecular formula is C24H35N3O5. The lowest BCUT2D eigenvalue weighted by molar-refractivity contribution is -0.164. The molecule has 0 aliphatic rings. The third-order valence-corrected chi connectivity index (χ3v) is 4.92. The van der Waals surface area contributed by atoms with E-state index in [9.17, 15) is 14.4 Å². The Hall–Kier alpha value is -2.87. The Morgan fingerprint density at radius 2 is 1.78 bits per heavy atom. The average molecular weight is 446 g/mol. The molecule has 8 nitrogen and oxygen atoms in total. The number of aromatic amines is 1. The Morgan fingerprint density at radius 3 is 2.41 bits per heavy atom. The number of amides is 1. The third kappa shape index (κ3) is 7.09. The van der Waals surface area contributed by atoms with Gasteiger partial charge in [0.15, 0.2) is 0 Å². The summed E-state index contributed by atoms with van der Waals surface area (Å²) < 4.78 is 5.20. The number of carbonyl (C=O) groups excluding carboxylic acids is 3. The van der Waals surface area contributed by atoms with Crippen molar-refractivity contribution in [2.75, 3.05) is 6.61 Å². The van der Waals surface area contributed by atoms with E-state index in [1.165, 1.54) is 0 Å². The van der Waals surface area contributed by atoms with Crippen LogP contribution in [0.4, 0.5) is 0 Å². The number of fused-ring (bicyclic) bond motifs is 1. The molecule has 0 radical (unpaired) electrons. The number of para-hydroxylation sites is 1. The SMILES string of the molecule is CCOC(=O)[C@H](Cc1c[nH]c2ccccc12)NC(=O)[C@H](CC(C)C)NOC(=O)C(C)(C)C. The van der Waals surface area contributed by atoms with E-state index in [1.54, 1.807) is 27.7 Å². The lowest BCUT2D eigenvalue weighted by Crippen LogP contribution is -2.52. The summed E-state index contributed by atoms with van der Waals surface area (Å²) in [6.07, 6.45) is 2.52. The lowest BCUT2D eigenvalue weighted by Gasteiger charge is -2.24. The first kappa shape index (κ1) is 25.4. The molecule has 1 amide bonds. The summed E-state index contributed by atoms with van der Waals surface area (Å²) in [5.74, 6) is -1.26. The van der Waals surface area contributed by atoms with Gasteiger partial charge in [0.05, 0.1) is 12.0 Å². The molecule has 32 heavy (non-hydrogen) atoms. The molecule has 8 heteroatoms. The average Bonchev–Trinajstić information content (AvgIpc) is 3.12. The highest BCUT2D eigenvalue weighted by molar-refractivity contribution is 5.89. The molecule has 3 N–H and O–H groups in total. The second kappa shape index (κ2) is 11.1. The number of aromatic nitrogens is 1. The van der Waals surface area contributed by atoms with Gasteiger partial charge in [-0.1, -0.05) is 32.0 Å². The molecule has 2 atom stereocenters. The lowest BCUT2D eigenvalue weighted by atomic mass is 9.98. The maximum absolute atomic E-state index is 13.1. The van der Waals surface area contributed by atoms with Crippen LogP contribution < -0.4 is 10.8 Å². The molecule has 0 saturated heterocycles. The van der Waals surface area contributed by atoms with Crippen molar-refractivity contribution >= 4 is 28.7 Å². The van der Waals surface area contributed by atoms with E-state index in [2.05, 4.69) is 15.8 Å². The molecule has 0 saturated carbocycles. The fourth-order valence-electron chi connectivity index (χ4n) is 3.19. The molecule has 2 rings (SSSR count). The van der Waals surface area contributed by atoms with Crippen molar-refractivity contribution in [2.45, 2.75) is 66.5 Å². The maximum Gasteiger partial charge on any atom is 0.330 e. The number of nitrogens with one attached hydrogen (secondary N) is 3. The van der Waals surface area contributed by atoms with Crippen LogP contribution in [-0.2, 0) is 30.4 Å². The molecular weight excluding hydrogens is 410 g/mol. The van der Waals surface area contributed by atoms with E-state index < -0.39 is 35.3 Å². The van der Waals surface area contributed by atoms with Gasteiger partial charge in [-0.15, -0.1) is 5.48 Å². The molecule has 2 aromatic rings. The summed E-state index contributed by atoms with van der Waals surface area (Å²) in [4.78, 5) is 46.2. The van der Waals surface area contributed by atoms with Gasteiger partial charge < -0.3 is 19.9 Å². The Labute approximate surface area is 189 Å². The number of hydrogen-bond donors (Lipinski definition) is 3. The van der Waals surface area contributed by atoms with Gasteiger partial charge in [-0.3, -0.25) is 4.79 Å². The Balaban J connectivity index is 2.18. The minimum atomic E-state index is -0.878. The van der Waals surface area contributed by atoms with Gasteiger partial charge >= 0.3 is 11.9 Å². The van der Waals surface area contributed by atoms with Crippen LogP contribution in [0.25, 0.3) is 10.9 Å². The van der Waals surface area contributed by atoms with Gasteiger partial charge in [0, 0.05) is 23.5 Å². The molecule has 0 unspecified atom stereocenters. The summed E-state index contributed by atoms with van der Waals surface area (Å²) in [5, 5.41) is 3.77. The van der Waals surface area contributed by atoms with E-state index in [4.69, 9.17) is 9.57 Å². The van der Waals surface area contributed by atoms with Crippen LogP contribution in [-0.4, -0.2) is 41.5 Å². The molecule has 0 fully saturated rings. The second-order valence-electron chi connectivity index (χ2n) is 9.32. The predicted octanol–water partition coefficient (Wildman–Crippen LogP) is 3.27. The van der Waals surface area contributed by atoms with Crippen molar-refractivity contribution in [2.24, 2.45) is 11.3 Å². The van der Waals surface area contributed by atoms with Crippen LogP contribution >= 0.6 is 0 Å². The summed E-state index contributed by atoms with van der Waals surface area (Å²) in [6.45, 7) is 11.0. The van der Waals surface area contributed by atoms with Gasteiger partial charge in [0.25, 0.3) is 0 Å². The maximum atomic E-state index is 13.1. The summed E-state index contributed by atoms with van der Waals surface area (Å²) in [7, 11) is 0. The van der Waals surface area contributed by atoms with Crippen molar-refractivity contribution in [3.63, 3.8) is 0 Å². The van der Waals surface area contributed by atoms with E-state index in [1.807, 2.05) is 44.3 Å². The summed E-state index contributed by atoms with van der Waals surface area (Å²) in [6, 6.07) is 6.07. The minimum absolute atomic E-state index is 0.154. The highest BCUT2D eigenvalue weighted by Crippen LogP contribution is 2.20. The number of esters is 1. The summed E-state index contributed by atoms with van der Waals surface area (Å²) >= 11 is 0. The number of hydrogen-bond acceptors (Lipinski definition) is 6. The summed E-state index contributed by atoms with van der Waals surface area (Å²) in [5.41, 5.74) is 3.73. The van der Waals surface area contributed by atoms with E-state index >= 15 is 0 Å². The van der Waals surface area contributed by atoms with Crippen molar-refractivity contribution in [1.29, 1.82) is 0 Å². The number of rotatable bonds is 10. The van der Waals surface area contributed by atoms with Crippen LogP contribution in [0.5, 0.6) is 0 Å². The first-order valence-corrected chi connectivity index (χ1v) is 11.0. The third-order valence-electron chi connectivity index (χ3n) is 4.92. The number of ether oxygens (including phenoxy) is 1. The fourth-order valence-corrected chi connectivity index (χ4v) is 3.19. The highest BCUT2D eigenvalue weighted by Gasteiger charge is 2.30. The van der Waals surface area contributed by atoms with Crippen molar-refractivity contribution < 1.29 is 24.0 Å². The number of hydroxylamine groups is 1. The highest BCUT2D eigenvalue weighted by atomic mass is 16.7. The Bertz CT molecular complexity index is 929. The normalized spacial score (nSPS) is 13.6. The van der Waals surface area contributed by atoms with Crippen molar-refractivity contribution in [3.8, 4) is 0 Å². The monoisotopic (exact) mass is 445 g/mol. The van der Waals surface area contributed by atoms with Crippen molar-refractivity contribution in [3.05, 3.63) is 36.0 Å². The molecule has 0 aliphatic carbocycles. The Kier molecular flexibility index (Phi) is 8.83. The largest absolute Gasteiger partial charge is 0.464 e.